The van der Waals surface area contributed by atoms with Gasteiger partial charge in [-0.3, -0.25) is 0 Å². The van der Waals surface area contributed by atoms with Crippen molar-refractivity contribution >= 4 is 11.8 Å². The predicted molar refractivity (Wildman–Crippen MR) is 92.3 cm³/mol. The van der Waals surface area contributed by atoms with Gasteiger partial charge >= 0.3 is 0 Å². The van der Waals surface area contributed by atoms with Gasteiger partial charge in [0.25, 0.3) is 6.43 Å². The minimum Gasteiger partial charge on any atom is -0.494 e. The topological polar surface area (TPSA) is 27.1 Å². The molecule has 0 amide bonds. The molecule has 0 saturated heterocycles. The molecule has 3 rings (SSSR count). The molecular weight excluding hydrogens is 330 g/mol. The Morgan fingerprint density at radius 3 is 2.42 bits per heavy atom. The summed E-state index contributed by atoms with van der Waals surface area (Å²) in [5, 5.41) is 4.09. The van der Waals surface area contributed by atoms with Crippen molar-refractivity contribution in [3.63, 3.8) is 0 Å². The van der Waals surface area contributed by atoms with Crippen molar-refractivity contribution in [3.8, 4) is 22.7 Å². The van der Waals surface area contributed by atoms with Gasteiger partial charge in [-0.25, -0.2) is 13.5 Å². The van der Waals surface area contributed by atoms with E-state index in [1.165, 1.54) is 10.7 Å². The molecule has 0 aliphatic carbocycles. The Balaban J connectivity index is 2.17. The van der Waals surface area contributed by atoms with Crippen molar-refractivity contribution in [3.05, 3.63) is 60.3 Å². The Kier molecular flexibility index (Phi) is 4.85. The molecule has 0 N–H and O–H groups in total. The number of methoxy groups -OCH3 is 1. The summed E-state index contributed by atoms with van der Waals surface area (Å²) in [6.07, 6.45) is -0.645. The minimum absolute atomic E-state index is 0.259. The van der Waals surface area contributed by atoms with Gasteiger partial charge < -0.3 is 4.74 Å². The molecule has 24 heavy (non-hydrogen) atoms. The summed E-state index contributed by atoms with van der Waals surface area (Å²) in [7, 11) is 1.54. The number of hydrogen-bond acceptors (Lipinski definition) is 3. The van der Waals surface area contributed by atoms with E-state index in [-0.39, 0.29) is 5.69 Å². The van der Waals surface area contributed by atoms with Crippen LogP contribution in [0.25, 0.3) is 16.9 Å². The van der Waals surface area contributed by atoms with E-state index in [1.807, 2.05) is 42.7 Å². The number of nitrogens with zero attached hydrogens (tertiary/aromatic N) is 2. The molecule has 3 aromatic rings. The van der Waals surface area contributed by atoms with Crippen molar-refractivity contribution in [2.45, 2.75) is 11.3 Å². The summed E-state index contributed by atoms with van der Waals surface area (Å²) in [5.41, 5.74) is 1.78. The van der Waals surface area contributed by atoms with Crippen LogP contribution >= 0.6 is 11.8 Å². The summed E-state index contributed by atoms with van der Waals surface area (Å²) in [6.45, 7) is 0. The lowest BCUT2D eigenvalue weighted by Crippen LogP contribution is -2.02. The number of thioether (sulfide) groups is 1. The van der Waals surface area contributed by atoms with Crippen molar-refractivity contribution in [2.24, 2.45) is 0 Å². The zero-order valence-corrected chi connectivity index (χ0v) is 14.1. The second kappa shape index (κ2) is 7.05. The second-order valence-corrected chi connectivity index (χ2v) is 5.95. The third-order valence-corrected chi connectivity index (χ3v) is 4.39. The fraction of sp³-hybridized carbons (Fsp3) is 0.167. The second-order valence-electron chi connectivity index (χ2n) is 5.07. The summed E-state index contributed by atoms with van der Waals surface area (Å²) < 4.78 is 33.2. The molecule has 2 aromatic carbocycles. The minimum atomic E-state index is -2.63. The quantitative estimate of drug-likeness (QED) is 0.594. The molecule has 0 fully saturated rings. The van der Waals surface area contributed by atoms with Gasteiger partial charge in [-0.2, -0.15) is 5.10 Å². The lowest BCUT2D eigenvalue weighted by molar-refractivity contribution is 0.145. The number of hydrogen-bond donors (Lipinski definition) is 0. The maximum absolute atomic E-state index is 13.2. The molecule has 6 heteroatoms. The maximum atomic E-state index is 13.2. The van der Waals surface area contributed by atoms with Crippen LogP contribution in [-0.4, -0.2) is 23.1 Å². The number of rotatable bonds is 5. The standard InChI is InChI=1S/C18H16F2N2OS/c1-23-17-6-4-3-5-15(17)22-16(11-14(21-22)18(19)20)12-7-9-13(24-2)10-8-12/h3-11,18H,1-2H3. The SMILES string of the molecule is COc1ccccc1-n1nc(C(F)F)cc1-c1ccc(SC)cc1. The van der Waals surface area contributed by atoms with Crippen LogP contribution in [-0.2, 0) is 0 Å². The number of benzene rings is 2. The van der Waals surface area contributed by atoms with Crippen LogP contribution in [0.2, 0.25) is 0 Å². The van der Waals surface area contributed by atoms with Gasteiger partial charge in [0.1, 0.15) is 17.1 Å². The number of halogens is 2. The summed E-state index contributed by atoms with van der Waals surface area (Å²) in [4.78, 5) is 1.11. The average Bonchev–Trinajstić information content (AvgIpc) is 3.07. The molecular formula is C18H16F2N2OS. The molecule has 0 saturated carbocycles. The number of alkyl halides is 2. The van der Waals surface area contributed by atoms with Gasteiger partial charge in [-0.1, -0.05) is 24.3 Å². The number of para-hydroxylation sites is 2. The molecule has 0 radical (unpaired) electrons. The fourth-order valence-electron chi connectivity index (χ4n) is 2.46. The van der Waals surface area contributed by atoms with Crippen molar-refractivity contribution in [2.75, 3.05) is 13.4 Å². The first-order valence-corrected chi connectivity index (χ1v) is 8.52. The Hall–Kier alpha value is -2.34. The van der Waals surface area contributed by atoms with E-state index in [9.17, 15) is 8.78 Å². The van der Waals surface area contributed by atoms with Crippen LogP contribution in [0, 0.1) is 0 Å². The van der Waals surface area contributed by atoms with E-state index in [4.69, 9.17) is 4.74 Å². The van der Waals surface area contributed by atoms with E-state index < -0.39 is 6.43 Å². The monoisotopic (exact) mass is 346 g/mol. The van der Waals surface area contributed by atoms with Crippen molar-refractivity contribution < 1.29 is 13.5 Å². The van der Waals surface area contributed by atoms with E-state index in [0.29, 0.717) is 17.1 Å². The smallest absolute Gasteiger partial charge is 0.282 e. The van der Waals surface area contributed by atoms with Gasteiger partial charge in [0, 0.05) is 10.5 Å². The van der Waals surface area contributed by atoms with Crippen LogP contribution in [0.15, 0.2) is 59.5 Å². The van der Waals surface area contributed by atoms with Crippen LogP contribution < -0.4 is 4.74 Å². The highest BCUT2D eigenvalue weighted by Gasteiger charge is 2.19. The molecule has 124 valence electrons. The third kappa shape index (κ3) is 3.14. The molecule has 0 spiro atoms. The zero-order chi connectivity index (χ0) is 17.1. The first kappa shape index (κ1) is 16.5. The van der Waals surface area contributed by atoms with Crippen molar-refractivity contribution in [1.82, 2.24) is 9.78 Å². The van der Waals surface area contributed by atoms with Gasteiger partial charge in [0.15, 0.2) is 0 Å². The molecule has 3 nitrogen and oxygen atoms in total. The number of aromatic nitrogens is 2. The van der Waals surface area contributed by atoms with E-state index >= 15 is 0 Å². The van der Waals surface area contributed by atoms with Crippen LogP contribution in [0.5, 0.6) is 5.75 Å². The van der Waals surface area contributed by atoms with Crippen LogP contribution in [0.3, 0.4) is 0 Å². The highest BCUT2D eigenvalue weighted by molar-refractivity contribution is 7.98. The normalized spacial score (nSPS) is 11.0. The Morgan fingerprint density at radius 1 is 1.08 bits per heavy atom. The molecule has 1 heterocycles. The maximum Gasteiger partial charge on any atom is 0.282 e. The summed E-state index contributed by atoms with van der Waals surface area (Å²) in [6, 6.07) is 16.4. The fourth-order valence-corrected chi connectivity index (χ4v) is 2.87. The van der Waals surface area contributed by atoms with Gasteiger partial charge in [0.2, 0.25) is 0 Å². The predicted octanol–water partition coefficient (Wildman–Crippen LogP) is 5.21. The Morgan fingerprint density at radius 2 is 1.79 bits per heavy atom. The molecule has 0 atom stereocenters. The zero-order valence-electron chi connectivity index (χ0n) is 13.2. The summed E-state index contributed by atoms with van der Waals surface area (Å²) in [5.74, 6) is 0.573. The van der Waals surface area contributed by atoms with E-state index in [1.54, 1.807) is 31.0 Å². The lowest BCUT2D eigenvalue weighted by Gasteiger charge is -2.11. The average molecular weight is 346 g/mol. The first-order valence-electron chi connectivity index (χ1n) is 7.30. The Labute approximate surface area is 143 Å². The highest BCUT2D eigenvalue weighted by atomic mass is 32.2. The number of ether oxygens (including phenoxy) is 1. The van der Waals surface area contributed by atoms with Crippen LogP contribution in [0.1, 0.15) is 12.1 Å². The molecule has 0 aliphatic rings. The Bertz CT molecular complexity index is 831. The van der Waals surface area contributed by atoms with Gasteiger partial charge in [-0.05, 0) is 36.6 Å². The van der Waals surface area contributed by atoms with Crippen LogP contribution in [0.4, 0.5) is 8.78 Å². The molecule has 0 unspecified atom stereocenters. The third-order valence-electron chi connectivity index (χ3n) is 3.65. The molecule has 0 aliphatic heterocycles. The van der Waals surface area contributed by atoms with E-state index in [2.05, 4.69) is 5.10 Å². The molecule has 1 aromatic heterocycles. The van der Waals surface area contributed by atoms with Gasteiger partial charge in [-0.15, -0.1) is 11.8 Å². The largest absolute Gasteiger partial charge is 0.494 e. The van der Waals surface area contributed by atoms with E-state index in [0.717, 1.165) is 10.5 Å². The lowest BCUT2D eigenvalue weighted by atomic mass is 10.1. The first-order chi connectivity index (χ1) is 11.6. The highest BCUT2D eigenvalue weighted by Crippen LogP contribution is 2.32. The molecule has 0 bridgehead atoms. The summed E-state index contributed by atoms with van der Waals surface area (Å²) >= 11 is 1.63. The van der Waals surface area contributed by atoms with Crippen molar-refractivity contribution in [1.29, 1.82) is 0 Å². The van der Waals surface area contributed by atoms with Gasteiger partial charge in [0.05, 0.1) is 12.8 Å².